The first-order chi connectivity index (χ1) is 7.59. The van der Waals surface area contributed by atoms with Crippen LogP contribution < -0.4 is 5.73 Å². The molecule has 84 valence electrons. The number of hydrogen-bond donors (Lipinski definition) is 1. The number of nitrogens with zero attached hydrogens (tertiary/aromatic N) is 2. The Morgan fingerprint density at radius 1 is 1.38 bits per heavy atom. The second-order valence-electron chi connectivity index (χ2n) is 4.23. The molecule has 0 aliphatic heterocycles. The van der Waals surface area contributed by atoms with E-state index in [9.17, 15) is 0 Å². The molecule has 1 heterocycles. The van der Waals surface area contributed by atoms with E-state index in [1.165, 1.54) is 11.1 Å². The van der Waals surface area contributed by atoms with Gasteiger partial charge in [-0.05, 0) is 19.4 Å². The molecule has 0 spiro atoms. The van der Waals surface area contributed by atoms with E-state index in [0.29, 0.717) is 0 Å². The zero-order valence-corrected chi connectivity index (χ0v) is 9.94. The zero-order valence-electron chi connectivity index (χ0n) is 9.94. The fourth-order valence-electron chi connectivity index (χ4n) is 2.02. The van der Waals surface area contributed by atoms with Crippen LogP contribution in [0.15, 0.2) is 30.5 Å². The first-order valence-corrected chi connectivity index (χ1v) is 5.44. The van der Waals surface area contributed by atoms with Crippen LogP contribution in [0.1, 0.15) is 24.2 Å². The average molecular weight is 215 g/mol. The smallest absolute Gasteiger partial charge is 0.0623 e. The van der Waals surface area contributed by atoms with E-state index in [-0.39, 0.29) is 6.04 Å². The lowest BCUT2D eigenvalue weighted by atomic mass is 10.0. The summed E-state index contributed by atoms with van der Waals surface area (Å²) in [5, 5.41) is 4.28. The first kappa shape index (κ1) is 10.9. The summed E-state index contributed by atoms with van der Waals surface area (Å²) in [6.45, 7) is 4.07. The minimum absolute atomic E-state index is 0.0111. The van der Waals surface area contributed by atoms with Crippen molar-refractivity contribution in [2.75, 3.05) is 0 Å². The SMILES string of the molecule is Cc1cccc(-c2cnn(C)c2C(C)N)c1. The summed E-state index contributed by atoms with van der Waals surface area (Å²) in [4.78, 5) is 0. The van der Waals surface area contributed by atoms with E-state index in [0.717, 1.165) is 11.3 Å². The Bertz CT molecular complexity index is 498. The van der Waals surface area contributed by atoms with Crippen molar-refractivity contribution in [3.63, 3.8) is 0 Å². The van der Waals surface area contributed by atoms with Gasteiger partial charge < -0.3 is 5.73 Å². The lowest BCUT2D eigenvalue weighted by Crippen LogP contribution is -2.11. The lowest BCUT2D eigenvalue weighted by Gasteiger charge is -2.10. The molecule has 0 fully saturated rings. The fourth-order valence-corrected chi connectivity index (χ4v) is 2.02. The van der Waals surface area contributed by atoms with Gasteiger partial charge in [0.25, 0.3) is 0 Å². The Morgan fingerprint density at radius 2 is 2.12 bits per heavy atom. The van der Waals surface area contributed by atoms with Crippen molar-refractivity contribution < 1.29 is 0 Å². The topological polar surface area (TPSA) is 43.8 Å². The van der Waals surface area contributed by atoms with Crippen molar-refractivity contribution in [2.24, 2.45) is 12.8 Å². The number of hydrogen-bond acceptors (Lipinski definition) is 2. The van der Waals surface area contributed by atoms with Crippen LogP contribution in [0.2, 0.25) is 0 Å². The van der Waals surface area contributed by atoms with Gasteiger partial charge in [-0.25, -0.2) is 0 Å². The van der Waals surface area contributed by atoms with E-state index in [2.05, 4.69) is 36.3 Å². The van der Waals surface area contributed by atoms with Crippen LogP contribution in [-0.2, 0) is 7.05 Å². The molecule has 1 aromatic carbocycles. The van der Waals surface area contributed by atoms with E-state index in [1.807, 2.05) is 24.9 Å². The highest BCUT2D eigenvalue weighted by molar-refractivity contribution is 5.66. The Hall–Kier alpha value is -1.61. The fraction of sp³-hybridized carbons (Fsp3) is 0.308. The summed E-state index contributed by atoms with van der Waals surface area (Å²) in [6.07, 6.45) is 1.88. The number of aryl methyl sites for hydroxylation is 2. The standard InChI is InChI=1S/C13H17N3/c1-9-5-4-6-11(7-9)12-8-15-16(3)13(12)10(2)14/h4-8,10H,14H2,1-3H3. The van der Waals surface area contributed by atoms with Gasteiger partial charge in [0.2, 0.25) is 0 Å². The van der Waals surface area contributed by atoms with Crippen LogP contribution in [0.5, 0.6) is 0 Å². The summed E-state index contributed by atoms with van der Waals surface area (Å²) in [6, 6.07) is 8.38. The van der Waals surface area contributed by atoms with Crippen LogP contribution >= 0.6 is 0 Å². The van der Waals surface area contributed by atoms with Crippen LogP contribution in [0.4, 0.5) is 0 Å². The van der Waals surface area contributed by atoms with Gasteiger partial charge in [-0.3, -0.25) is 4.68 Å². The third-order valence-corrected chi connectivity index (χ3v) is 2.75. The van der Waals surface area contributed by atoms with Crippen molar-refractivity contribution in [3.8, 4) is 11.1 Å². The van der Waals surface area contributed by atoms with Gasteiger partial charge in [-0.15, -0.1) is 0 Å². The third kappa shape index (κ3) is 1.86. The molecule has 0 radical (unpaired) electrons. The summed E-state index contributed by atoms with van der Waals surface area (Å²) in [5.74, 6) is 0. The summed E-state index contributed by atoms with van der Waals surface area (Å²) in [5.41, 5.74) is 10.6. The monoisotopic (exact) mass is 215 g/mol. The first-order valence-electron chi connectivity index (χ1n) is 5.44. The number of rotatable bonds is 2. The number of aromatic nitrogens is 2. The summed E-state index contributed by atoms with van der Waals surface area (Å²) >= 11 is 0. The van der Waals surface area contributed by atoms with Gasteiger partial charge in [0, 0.05) is 18.7 Å². The minimum atomic E-state index is -0.0111. The molecular weight excluding hydrogens is 198 g/mol. The molecule has 1 atom stereocenters. The molecule has 3 nitrogen and oxygen atoms in total. The van der Waals surface area contributed by atoms with Crippen molar-refractivity contribution in [2.45, 2.75) is 19.9 Å². The molecular formula is C13H17N3. The van der Waals surface area contributed by atoms with Crippen LogP contribution in [-0.4, -0.2) is 9.78 Å². The van der Waals surface area contributed by atoms with Crippen molar-refractivity contribution in [3.05, 3.63) is 41.7 Å². The highest BCUT2D eigenvalue weighted by atomic mass is 15.3. The van der Waals surface area contributed by atoms with Crippen LogP contribution in [0.25, 0.3) is 11.1 Å². The predicted molar refractivity (Wildman–Crippen MR) is 66.0 cm³/mol. The second-order valence-corrected chi connectivity index (χ2v) is 4.23. The molecule has 0 amide bonds. The molecule has 2 N–H and O–H groups in total. The average Bonchev–Trinajstić information content (AvgIpc) is 2.60. The Balaban J connectivity index is 2.56. The molecule has 0 saturated heterocycles. The summed E-state index contributed by atoms with van der Waals surface area (Å²) < 4.78 is 1.85. The van der Waals surface area contributed by atoms with Crippen LogP contribution in [0, 0.1) is 6.92 Å². The molecule has 16 heavy (non-hydrogen) atoms. The molecule has 2 rings (SSSR count). The predicted octanol–water partition coefficient (Wildman–Crippen LogP) is 2.42. The zero-order chi connectivity index (χ0) is 11.7. The maximum absolute atomic E-state index is 5.97. The molecule has 0 aliphatic carbocycles. The van der Waals surface area contributed by atoms with Crippen molar-refractivity contribution >= 4 is 0 Å². The maximum Gasteiger partial charge on any atom is 0.0623 e. The Kier molecular flexibility index (Phi) is 2.79. The number of nitrogens with two attached hydrogens (primary N) is 1. The van der Waals surface area contributed by atoms with Crippen molar-refractivity contribution in [1.29, 1.82) is 0 Å². The van der Waals surface area contributed by atoms with Gasteiger partial charge in [-0.1, -0.05) is 29.8 Å². The molecule has 0 aliphatic rings. The van der Waals surface area contributed by atoms with Gasteiger partial charge in [0.1, 0.15) is 0 Å². The largest absolute Gasteiger partial charge is 0.323 e. The van der Waals surface area contributed by atoms with Crippen LogP contribution in [0.3, 0.4) is 0 Å². The van der Waals surface area contributed by atoms with E-state index >= 15 is 0 Å². The van der Waals surface area contributed by atoms with Gasteiger partial charge in [0.15, 0.2) is 0 Å². The highest BCUT2D eigenvalue weighted by Crippen LogP contribution is 2.27. The molecule has 1 unspecified atom stereocenters. The second kappa shape index (κ2) is 4.10. The van der Waals surface area contributed by atoms with Gasteiger partial charge in [0.05, 0.1) is 11.9 Å². The Labute approximate surface area is 95.9 Å². The highest BCUT2D eigenvalue weighted by Gasteiger charge is 2.13. The normalized spacial score (nSPS) is 12.8. The number of benzene rings is 1. The van der Waals surface area contributed by atoms with Gasteiger partial charge in [-0.2, -0.15) is 5.10 Å². The Morgan fingerprint density at radius 3 is 2.75 bits per heavy atom. The molecule has 2 aromatic rings. The maximum atomic E-state index is 5.97. The minimum Gasteiger partial charge on any atom is -0.323 e. The van der Waals surface area contributed by atoms with E-state index in [4.69, 9.17) is 5.73 Å². The summed E-state index contributed by atoms with van der Waals surface area (Å²) in [7, 11) is 1.93. The van der Waals surface area contributed by atoms with Crippen molar-refractivity contribution in [1.82, 2.24) is 9.78 Å². The lowest BCUT2D eigenvalue weighted by molar-refractivity contribution is 0.655. The molecule has 3 heteroatoms. The molecule has 0 bridgehead atoms. The molecule has 1 aromatic heterocycles. The van der Waals surface area contributed by atoms with E-state index in [1.54, 1.807) is 0 Å². The third-order valence-electron chi connectivity index (χ3n) is 2.75. The van der Waals surface area contributed by atoms with E-state index < -0.39 is 0 Å². The van der Waals surface area contributed by atoms with Gasteiger partial charge >= 0.3 is 0 Å². The quantitative estimate of drug-likeness (QED) is 0.836. The molecule has 0 saturated carbocycles.